The normalized spacial score (nSPS) is 29.8. The Bertz CT molecular complexity index is 957. The number of anilines is 2. The van der Waals surface area contributed by atoms with Gasteiger partial charge in [-0.3, -0.25) is 9.78 Å². The molecule has 6 rings (SSSR count). The van der Waals surface area contributed by atoms with Gasteiger partial charge in [0.05, 0.1) is 24.1 Å². The molecule has 1 saturated heterocycles. The molecule has 0 bridgehead atoms. The van der Waals surface area contributed by atoms with Gasteiger partial charge < -0.3 is 10.6 Å². The van der Waals surface area contributed by atoms with Crippen molar-refractivity contribution in [1.82, 2.24) is 35.3 Å². The predicted molar refractivity (Wildman–Crippen MR) is 102 cm³/mol. The average molecular weight is 364 g/mol. The van der Waals surface area contributed by atoms with E-state index in [2.05, 4.69) is 32.1 Å². The summed E-state index contributed by atoms with van der Waals surface area (Å²) in [6, 6.07) is 0.434. The highest BCUT2D eigenvalue weighted by atomic mass is 15.3. The molecule has 3 atom stereocenters. The Morgan fingerprint density at radius 3 is 2.78 bits per heavy atom. The summed E-state index contributed by atoms with van der Waals surface area (Å²) < 4.78 is 2.05. The van der Waals surface area contributed by atoms with Crippen LogP contribution in [0, 0.1) is 11.8 Å². The van der Waals surface area contributed by atoms with Gasteiger partial charge in [0.25, 0.3) is 0 Å². The summed E-state index contributed by atoms with van der Waals surface area (Å²) in [6.45, 7) is 2.04. The second kappa shape index (κ2) is 6.02. The monoisotopic (exact) mass is 364 g/mol. The molecule has 1 aliphatic heterocycles. The third-order valence-corrected chi connectivity index (χ3v) is 6.54. The molecule has 3 fully saturated rings. The lowest BCUT2D eigenvalue weighted by atomic mass is 10.0. The van der Waals surface area contributed by atoms with E-state index in [0.29, 0.717) is 12.0 Å². The first kappa shape index (κ1) is 15.6. The minimum Gasteiger partial charge on any atom is -0.336 e. The first-order valence-corrected chi connectivity index (χ1v) is 10.1. The van der Waals surface area contributed by atoms with Gasteiger partial charge in [0, 0.05) is 18.7 Å². The highest BCUT2D eigenvalue weighted by Crippen LogP contribution is 2.60. The van der Waals surface area contributed by atoms with Crippen molar-refractivity contribution in [2.24, 2.45) is 11.8 Å². The molecule has 3 aromatic heterocycles. The van der Waals surface area contributed by atoms with Crippen molar-refractivity contribution in [2.45, 2.75) is 44.1 Å². The third kappa shape index (κ3) is 2.62. The Morgan fingerprint density at radius 1 is 1.07 bits per heavy atom. The summed E-state index contributed by atoms with van der Waals surface area (Å²) in [5.74, 6) is 3.89. The first-order valence-electron chi connectivity index (χ1n) is 10.1. The van der Waals surface area contributed by atoms with Gasteiger partial charge in [0.2, 0.25) is 0 Å². The van der Waals surface area contributed by atoms with E-state index in [1.807, 2.05) is 10.9 Å². The van der Waals surface area contributed by atoms with E-state index < -0.39 is 0 Å². The highest BCUT2D eigenvalue weighted by molar-refractivity contribution is 5.86. The zero-order valence-electron chi connectivity index (χ0n) is 15.2. The van der Waals surface area contributed by atoms with E-state index in [4.69, 9.17) is 9.97 Å². The molecule has 3 aliphatic rings. The maximum atomic E-state index is 4.92. The molecule has 8 nitrogen and oxygen atoms in total. The molecule has 8 heteroatoms. The van der Waals surface area contributed by atoms with E-state index >= 15 is 0 Å². The number of H-pyrrole nitrogens is 1. The Kier molecular flexibility index (Phi) is 3.47. The number of aromatic nitrogens is 6. The van der Waals surface area contributed by atoms with Crippen molar-refractivity contribution in [3.63, 3.8) is 0 Å². The van der Waals surface area contributed by atoms with Crippen LogP contribution in [-0.4, -0.2) is 43.0 Å². The Balaban J connectivity index is 1.31. The summed E-state index contributed by atoms with van der Waals surface area (Å²) in [4.78, 5) is 9.74. The quantitative estimate of drug-likeness (QED) is 0.659. The van der Waals surface area contributed by atoms with E-state index in [-0.39, 0.29) is 0 Å². The van der Waals surface area contributed by atoms with E-state index in [1.165, 1.54) is 25.7 Å². The largest absolute Gasteiger partial charge is 0.336 e. The smallest absolute Gasteiger partial charge is 0.160 e. The van der Waals surface area contributed by atoms with E-state index in [1.54, 1.807) is 6.20 Å². The molecular formula is C19H24N8. The number of nitrogens with zero attached hydrogens (tertiary/aromatic N) is 5. The lowest BCUT2D eigenvalue weighted by Crippen LogP contribution is -2.13. The molecule has 0 spiro atoms. The molecular weight excluding hydrogens is 340 g/mol. The summed E-state index contributed by atoms with van der Waals surface area (Å²) in [6.07, 6.45) is 12.2. The van der Waals surface area contributed by atoms with Gasteiger partial charge >= 0.3 is 0 Å². The highest BCUT2D eigenvalue weighted by Gasteiger charge is 2.53. The number of rotatable bonds is 4. The van der Waals surface area contributed by atoms with Gasteiger partial charge in [0.1, 0.15) is 16.9 Å². The lowest BCUT2D eigenvalue weighted by molar-refractivity contribution is 0.480. The standard InChI is InChI=1S/C19H24N8/c1-2-4-14-13(3-1)16(14)18-24-15-9-21-26-17(15)19(25-18)23-11-7-22-27(10-11)12-5-6-20-8-12/h7,9-10,12-14,16,20H,1-6,8H2,(H,21,26)(H,23,24,25). The summed E-state index contributed by atoms with van der Waals surface area (Å²) in [5.41, 5.74) is 2.70. The average Bonchev–Trinajstić information content (AvgIpc) is 3.18. The molecule has 2 aliphatic carbocycles. The van der Waals surface area contributed by atoms with Crippen molar-refractivity contribution in [1.29, 1.82) is 0 Å². The molecule has 3 unspecified atom stereocenters. The van der Waals surface area contributed by atoms with Crippen LogP contribution in [-0.2, 0) is 0 Å². The lowest BCUT2D eigenvalue weighted by Gasteiger charge is -2.09. The van der Waals surface area contributed by atoms with Crippen molar-refractivity contribution in [3.8, 4) is 0 Å². The maximum absolute atomic E-state index is 4.92. The number of aromatic amines is 1. The molecule has 4 heterocycles. The van der Waals surface area contributed by atoms with E-state index in [9.17, 15) is 0 Å². The minimum atomic E-state index is 0.434. The van der Waals surface area contributed by atoms with Crippen LogP contribution in [0.1, 0.15) is 49.9 Å². The van der Waals surface area contributed by atoms with Crippen LogP contribution in [0.15, 0.2) is 18.6 Å². The molecule has 3 aromatic rings. The zero-order chi connectivity index (χ0) is 17.8. The fourth-order valence-electron chi connectivity index (χ4n) is 5.08. The van der Waals surface area contributed by atoms with Crippen LogP contribution in [0.25, 0.3) is 11.0 Å². The summed E-state index contributed by atoms with van der Waals surface area (Å²) >= 11 is 0. The fraction of sp³-hybridized carbons (Fsp3) is 0.579. The summed E-state index contributed by atoms with van der Waals surface area (Å²) in [7, 11) is 0. The zero-order valence-corrected chi connectivity index (χ0v) is 15.2. The molecule has 27 heavy (non-hydrogen) atoms. The van der Waals surface area contributed by atoms with Crippen molar-refractivity contribution >= 4 is 22.5 Å². The second-order valence-corrected chi connectivity index (χ2v) is 8.18. The van der Waals surface area contributed by atoms with E-state index in [0.717, 1.165) is 59.7 Å². The number of nitrogens with one attached hydrogen (secondary N) is 3. The van der Waals surface area contributed by atoms with Gasteiger partial charge in [-0.1, -0.05) is 12.8 Å². The van der Waals surface area contributed by atoms with Gasteiger partial charge in [-0.2, -0.15) is 10.2 Å². The van der Waals surface area contributed by atoms with Crippen LogP contribution < -0.4 is 10.6 Å². The van der Waals surface area contributed by atoms with Crippen LogP contribution in [0.2, 0.25) is 0 Å². The van der Waals surface area contributed by atoms with Crippen molar-refractivity contribution in [3.05, 3.63) is 24.4 Å². The summed E-state index contributed by atoms with van der Waals surface area (Å²) in [5, 5.41) is 18.6. The number of hydrogen-bond donors (Lipinski definition) is 3. The molecule has 3 N–H and O–H groups in total. The SMILES string of the molecule is c1nn(C2CCNC2)cc1Nc1nc(C2C3CCCCC32)nc2cn[nH]c12. The first-order chi connectivity index (χ1) is 13.4. The van der Waals surface area contributed by atoms with Crippen LogP contribution >= 0.6 is 0 Å². The van der Waals surface area contributed by atoms with Gasteiger partial charge in [-0.15, -0.1) is 0 Å². The van der Waals surface area contributed by atoms with Crippen molar-refractivity contribution in [2.75, 3.05) is 18.4 Å². The third-order valence-electron chi connectivity index (χ3n) is 6.54. The molecule has 0 aromatic carbocycles. The second-order valence-electron chi connectivity index (χ2n) is 8.18. The molecule has 0 radical (unpaired) electrons. The van der Waals surface area contributed by atoms with Crippen LogP contribution in [0.4, 0.5) is 11.5 Å². The van der Waals surface area contributed by atoms with Gasteiger partial charge in [-0.05, 0) is 37.6 Å². The molecule has 2 saturated carbocycles. The molecule has 140 valence electrons. The van der Waals surface area contributed by atoms with Crippen molar-refractivity contribution < 1.29 is 0 Å². The maximum Gasteiger partial charge on any atom is 0.160 e. The fourth-order valence-corrected chi connectivity index (χ4v) is 5.08. The number of fused-ring (bicyclic) bond motifs is 2. The van der Waals surface area contributed by atoms with Crippen LogP contribution in [0.5, 0.6) is 0 Å². The minimum absolute atomic E-state index is 0.434. The predicted octanol–water partition coefficient (Wildman–Crippen LogP) is 2.73. The van der Waals surface area contributed by atoms with Gasteiger partial charge in [0.15, 0.2) is 5.82 Å². The number of hydrogen-bond acceptors (Lipinski definition) is 6. The topological polar surface area (TPSA) is 96.3 Å². The Morgan fingerprint density at radius 2 is 1.96 bits per heavy atom. The Labute approximate surface area is 157 Å². The Hall–Kier alpha value is -2.48. The molecule has 0 amide bonds. The van der Waals surface area contributed by atoms with Gasteiger partial charge in [-0.25, -0.2) is 9.97 Å². The van der Waals surface area contributed by atoms with Crippen LogP contribution in [0.3, 0.4) is 0 Å².